The van der Waals surface area contributed by atoms with Crippen molar-refractivity contribution >= 4 is 5.91 Å². The van der Waals surface area contributed by atoms with Crippen LogP contribution in [0.5, 0.6) is 0 Å². The highest BCUT2D eigenvalue weighted by Gasteiger charge is 2.28. The van der Waals surface area contributed by atoms with E-state index in [4.69, 9.17) is 0 Å². The molecule has 3 rings (SSSR count). The minimum Gasteiger partial charge on any atom is -0.335 e. The van der Waals surface area contributed by atoms with Crippen LogP contribution < -0.4 is 0 Å². The maximum absolute atomic E-state index is 12.2. The molecule has 0 aliphatic heterocycles. The van der Waals surface area contributed by atoms with Gasteiger partial charge in [-0.2, -0.15) is 0 Å². The van der Waals surface area contributed by atoms with Crippen molar-refractivity contribution < 1.29 is 4.79 Å². The van der Waals surface area contributed by atoms with E-state index in [1.165, 1.54) is 0 Å². The monoisotopic (exact) mass is 256 g/mol. The summed E-state index contributed by atoms with van der Waals surface area (Å²) in [6.45, 7) is 0.562. The molecule has 1 fully saturated rings. The van der Waals surface area contributed by atoms with Crippen LogP contribution in [0.1, 0.15) is 40.8 Å². The average molecular weight is 256 g/mol. The van der Waals surface area contributed by atoms with Gasteiger partial charge in [-0.15, -0.1) is 5.10 Å². The molecule has 2 aromatic rings. The third kappa shape index (κ3) is 2.65. The van der Waals surface area contributed by atoms with Crippen molar-refractivity contribution in [1.29, 1.82) is 0 Å². The van der Waals surface area contributed by atoms with Gasteiger partial charge in [0.1, 0.15) is 5.82 Å². The van der Waals surface area contributed by atoms with E-state index in [9.17, 15) is 4.79 Å². The summed E-state index contributed by atoms with van der Waals surface area (Å²) in [5, 5.41) is 6.87. The standard InChI is InChI=1S/C14H16N4O/c1-18(9-10-5-3-2-4-6-10)14(19)13-15-12(16-17-13)11-7-8-11/h2-6,11H,7-9H2,1H3,(H,15,16,17). The van der Waals surface area contributed by atoms with Gasteiger partial charge in [-0.3, -0.25) is 9.89 Å². The van der Waals surface area contributed by atoms with Gasteiger partial charge in [0.25, 0.3) is 5.91 Å². The van der Waals surface area contributed by atoms with Crippen molar-refractivity contribution in [2.24, 2.45) is 0 Å². The molecule has 0 unspecified atom stereocenters. The Kier molecular flexibility index (Phi) is 3.03. The third-order valence-electron chi connectivity index (χ3n) is 3.27. The van der Waals surface area contributed by atoms with Crippen molar-refractivity contribution in [3.8, 4) is 0 Å². The van der Waals surface area contributed by atoms with Gasteiger partial charge in [-0.05, 0) is 18.4 Å². The summed E-state index contributed by atoms with van der Waals surface area (Å²) < 4.78 is 0. The highest BCUT2D eigenvalue weighted by Crippen LogP contribution is 2.37. The number of carbonyl (C=O) groups is 1. The van der Waals surface area contributed by atoms with E-state index in [1.54, 1.807) is 11.9 Å². The van der Waals surface area contributed by atoms with Gasteiger partial charge in [0.2, 0.25) is 5.82 Å². The predicted octanol–water partition coefficient (Wildman–Crippen LogP) is 1.95. The fraction of sp³-hybridized carbons (Fsp3) is 0.357. The Bertz CT molecular complexity index is 574. The van der Waals surface area contributed by atoms with E-state index < -0.39 is 0 Å². The average Bonchev–Trinajstić information content (AvgIpc) is 3.17. The van der Waals surface area contributed by atoms with Crippen molar-refractivity contribution in [2.75, 3.05) is 7.05 Å². The van der Waals surface area contributed by atoms with Crippen molar-refractivity contribution in [1.82, 2.24) is 20.1 Å². The molecule has 0 atom stereocenters. The van der Waals surface area contributed by atoms with Gasteiger partial charge in [0, 0.05) is 19.5 Å². The fourth-order valence-corrected chi connectivity index (χ4v) is 2.01. The summed E-state index contributed by atoms with van der Waals surface area (Å²) in [6, 6.07) is 9.88. The number of aromatic nitrogens is 3. The molecule has 1 heterocycles. The minimum atomic E-state index is -0.146. The molecule has 1 N–H and O–H groups in total. The Morgan fingerprint density at radius 1 is 1.37 bits per heavy atom. The molecule has 0 saturated heterocycles. The van der Waals surface area contributed by atoms with Gasteiger partial charge < -0.3 is 4.90 Å². The zero-order valence-electron chi connectivity index (χ0n) is 10.8. The second-order valence-electron chi connectivity index (χ2n) is 4.97. The van der Waals surface area contributed by atoms with Crippen LogP contribution in [0.3, 0.4) is 0 Å². The Morgan fingerprint density at radius 3 is 2.79 bits per heavy atom. The maximum atomic E-state index is 12.2. The molecular weight excluding hydrogens is 240 g/mol. The molecule has 1 amide bonds. The van der Waals surface area contributed by atoms with Crippen LogP contribution in [-0.2, 0) is 6.54 Å². The summed E-state index contributed by atoms with van der Waals surface area (Å²) in [5.41, 5.74) is 1.09. The molecule has 19 heavy (non-hydrogen) atoms. The molecule has 0 spiro atoms. The molecule has 5 heteroatoms. The van der Waals surface area contributed by atoms with Crippen LogP contribution >= 0.6 is 0 Å². The smallest absolute Gasteiger partial charge is 0.293 e. The Balaban J connectivity index is 1.68. The van der Waals surface area contributed by atoms with Crippen molar-refractivity contribution in [3.63, 3.8) is 0 Å². The molecule has 1 saturated carbocycles. The summed E-state index contributed by atoms with van der Waals surface area (Å²) in [5.74, 6) is 1.44. The molecule has 5 nitrogen and oxygen atoms in total. The van der Waals surface area contributed by atoms with Crippen LogP contribution in [0.4, 0.5) is 0 Å². The third-order valence-corrected chi connectivity index (χ3v) is 3.27. The van der Waals surface area contributed by atoms with E-state index in [0.717, 1.165) is 24.2 Å². The van der Waals surface area contributed by atoms with Crippen LogP contribution in [0, 0.1) is 0 Å². The topological polar surface area (TPSA) is 61.9 Å². The number of hydrogen-bond acceptors (Lipinski definition) is 3. The van der Waals surface area contributed by atoms with Gasteiger partial charge >= 0.3 is 0 Å². The fourth-order valence-electron chi connectivity index (χ4n) is 2.01. The number of benzene rings is 1. The van der Waals surface area contributed by atoms with E-state index in [-0.39, 0.29) is 11.7 Å². The molecule has 0 bridgehead atoms. The normalized spacial score (nSPS) is 14.4. The largest absolute Gasteiger partial charge is 0.335 e. The zero-order valence-corrected chi connectivity index (χ0v) is 10.8. The van der Waals surface area contributed by atoms with Crippen molar-refractivity contribution in [2.45, 2.75) is 25.3 Å². The minimum absolute atomic E-state index is 0.146. The number of hydrogen-bond donors (Lipinski definition) is 1. The molecule has 1 aromatic carbocycles. The van der Waals surface area contributed by atoms with Crippen LogP contribution in [-0.4, -0.2) is 33.0 Å². The van der Waals surface area contributed by atoms with Crippen LogP contribution in [0.2, 0.25) is 0 Å². The summed E-state index contributed by atoms with van der Waals surface area (Å²) in [4.78, 5) is 18.1. The highest BCUT2D eigenvalue weighted by atomic mass is 16.2. The van der Waals surface area contributed by atoms with E-state index in [0.29, 0.717) is 12.5 Å². The number of amides is 1. The Labute approximate surface area is 111 Å². The number of carbonyl (C=O) groups excluding carboxylic acids is 1. The summed E-state index contributed by atoms with van der Waals surface area (Å²) in [6.07, 6.45) is 2.28. The van der Waals surface area contributed by atoms with Gasteiger partial charge in [0.05, 0.1) is 0 Å². The number of nitrogens with zero attached hydrogens (tertiary/aromatic N) is 3. The van der Waals surface area contributed by atoms with Gasteiger partial charge in [0.15, 0.2) is 0 Å². The lowest BCUT2D eigenvalue weighted by molar-refractivity contribution is 0.0773. The summed E-state index contributed by atoms with van der Waals surface area (Å²) in [7, 11) is 1.77. The van der Waals surface area contributed by atoms with Crippen LogP contribution in [0.25, 0.3) is 0 Å². The molecule has 1 aromatic heterocycles. The summed E-state index contributed by atoms with van der Waals surface area (Å²) >= 11 is 0. The van der Waals surface area contributed by atoms with Gasteiger partial charge in [-0.1, -0.05) is 30.3 Å². The molecule has 1 aliphatic carbocycles. The van der Waals surface area contributed by atoms with E-state index in [1.807, 2.05) is 30.3 Å². The number of nitrogens with one attached hydrogen (secondary N) is 1. The number of H-pyrrole nitrogens is 1. The lowest BCUT2D eigenvalue weighted by atomic mass is 10.2. The molecule has 1 aliphatic rings. The van der Waals surface area contributed by atoms with Crippen LogP contribution in [0.15, 0.2) is 30.3 Å². The van der Waals surface area contributed by atoms with E-state index in [2.05, 4.69) is 15.2 Å². The maximum Gasteiger partial charge on any atom is 0.293 e. The van der Waals surface area contributed by atoms with Crippen molar-refractivity contribution in [3.05, 3.63) is 47.5 Å². The first-order chi connectivity index (χ1) is 9.24. The zero-order chi connectivity index (χ0) is 13.2. The molecular formula is C14H16N4O. The molecule has 0 radical (unpaired) electrons. The first-order valence-corrected chi connectivity index (χ1v) is 6.46. The highest BCUT2D eigenvalue weighted by molar-refractivity contribution is 5.90. The Morgan fingerprint density at radius 2 is 2.11 bits per heavy atom. The second kappa shape index (κ2) is 4.84. The first-order valence-electron chi connectivity index (χ1n) is 6.46. The number of aromatic amines is 1. The predicted molar refractivity (Wildman–Crippen MR) is 70.6 cm³/mol. The number of rotatable bonds is 4. The lowest BCUT2D eigenvalue weighted by Gasteiger charge is -2.15. The lowest BCUT2D eigenvalue weighted by Crippen LogP contribution is -2.27. The SMILES string of the molecule is CN(Cc1ccccc1)C(=O)c1n[nH]c(C2CC2)n1. The quantitative estimate of drug-likeness (QED) is 0.909. The molecule has 98 valence electrons. The van der Waals surface area contributed by atoms with Gasteiger partial charge in [-0.25, -0.2) is 4.98 Å². The first kappa shape index (κ1) is 11.9. The Hall–Kier alpha value is -2.17. The second-order valence-corrected chi connectivity index (χ2v) is 4.97. The van der Waals surface area contributed by atoms with E-state index >= 15 is 0 Å².